The number of carbonyl (C=O) groups is 1. The summed E-state index contributed by atoms with van der Waals surface area (Å²) in [7, 11) is 4.38. The number of aromatic nitrogens is 4. The largest absolute Gasteiger partial charge is 0.493 e. The van der Waals surface area contributed by atoms with E-state index in [-0.39, 0.29) is 36.4 Å². The zero-order valence-corrected chi connectivity index (χ0v) is 21.1. The molecule has 0 aliphatic carbocycles. The standard InChI is InChI=1S/C24H22F3N5O7/c1-11-12-9-16(36-3)17(37-4)10-14(12)30-22(28-11)32-23-29-13-5-6-15(38-8-7-35-2)19(18(13)20(33)31-23)39-21(34)24(25,26)27/h5-6,9-10H,7-8H2,1-4H3,(H2,28,29,30,31,32,33). The molecule has 206 valence electrons. The zero-order chi connectivity index (χ0) is 28.3. The van der Waals surface area contributed by atoms with Crippen molar-refractivity contribution in [1.82, 2.24) is 19.9 Å². The fraction of sp³-hybridized carbons (Fsp3) is 0.292. The summed E-state index contributed by atoms with van der Waals surface area (Å²) in [6.45, 7) is 1.74. The molecule has 0 aliphatic heterocycles. The number of fused-ring (bicyclic) bond motifs is 2. The second kappa shape index (κ2) is 11.0. The molecule has 2 N–H and O–H groups in total. The summed E-state index contributed by atoms with van der Waals surface area (Å²) < 4.78 is 64.2. The number of H-pyrrole nitrogens is 1. The number of methoxy groups -OCH3 is 3. The average molecular weight is 549 g/mol. The minimum Gasteiger partial charge on any atom is -0.493 e. The molecule has 12 nitrogen and oxygen atoms in total. The molecule has 4 aromatic rings. The van der Waals surface area contributed by atoms with Gasteiger partial charge in [0.05, 0.1) is 37.6 Å². The molecule has 0 amide bonds. The van der Waals surface area contributed by atoms with Crippen LogP contribution in [0.15, 0.2) is 29.1 Å². The second-order valence-corrected chi connectivity index (χ2v) is 7.91. The summed E-state index contributed by atoms with van der Waals surface area (Å²) in [5, 5.41) is 3.04. The molecular formula is C24H22F3N5O7. The van der Waals surface area contributed by atoms with Crippen molar-refractivity contribution in [3.63, 3.8) is 0 Å². The smallest absolute Gasteiger partial charge is 0.491 e. The van der Waals surface area contributed by atoms with E-state index in [1.54, 1.807) is 19.1 Å². The maximum absolute atomic E-state index is 13.0. The van der Waals surface area contributed by atoms with Crippen molar-refractivity contribution in [3.05, 3.63) is 40.3 Å². The summed E-state index contributed by atoms with van der Waals surface area (Å²) in [6.07, 6.45) is -5.31. The molecule has 0 radical (unpaired) electrons. The quantitative estimate of drug-likeness (QED) is 0.180. The normalized spacial score (nSPS) is 11.5. The van der Waals surface area contributed by atoms with Crippen LogP contribution in [-0.2, 0) is 9.53 Å². The number of benzene rings is 2. The van der Waals surface area contributed by atoms with Gasteiger partial charge in [-0.25, -0.2) is 19.7 Å². The van der Waals surface area contributed by atoms with Gasteiger partial charge in [0.1, 0.15) is 12.0 Å². The highest BCUT2D eigenvalue weighted by atomic mass is 19.4. The summed E-state index contributed by atoms with van der Waals surface area (Å²) in [4.78, 5) is 40.0. The van der Waals surface area contributed by atoms with Crippen LogP contribution in [0.25, 0.3) is 21.8 Å². The lowest BCUT2D eigenvalue weighted by molar-refractivity contribution is -0.189. The Kier molecular flexibility index (Phi) is 7.71. The van der Waals surface area contributed by atoms with E-state index in [0.29, 0.717) is 28.1 Å². The van der Waals surface area contributed by atoms with Gasteiger partial charge < -0.3 is 23.7 Å². The van der Waals surface area contributed by atoms with E-state index in [0.717, 1.165) is 0 Å². The van der Waals surface area contributed by atoms with Crippen LogP contribution in [-0.4, -0.2) is 66.6 Å². The molecular weight excluding hydrogens is 527 g/mol. The molecule has 2 heterocycles. The van der Waals surface area contributed by atoms with Gasteiger partial charge in [0.15, 0.2) is 23.0 Å². The molecule has 0 spiro atoms. The zero-order valence-electron chi connectivity index (χ0n) is 21.1. The molecule has 4 rings (SSSR count). The van der Waals surface area contributed by atoms with Gasteiger partial charge in [-0.05, 0) is 25.1 Å². The molecule has 2 aromatic heterocycles. The van der Waals surface area contributed by atoms with Gasteiger partial charge in [0.2, 0.25) is 11.9 Å². The van der Waals surface area contributed by atoms with Crippen molar-refractivity contribution >= 4 is 39.7 Å². The Morgan fingerprint density at radius 2 is 1.69 bits per heavy atom. The van der Waals surface area contributed by atoms with E-state index in [4.69, 9.17) is 18.9 Å². The molecule has 2 aromatic carbocycles. The third-order valence-corrected chi connectivity index (χ3v) is 5.38. The first kappa shape index (κ1) is 27.4. The van der Waals surface area contributed by atoms with Crippen LogP contribution in [0.4, 0.5) is 25.1 Å². The van der Waals surface area contributed by atoms with Crippen molar-refractivity contribution in [3.8, 4) is 23.0 Å². The van der Waals surface area contributed by atoms with Crippen LogP contribution in [0, 0.1) is 6.92 Å². The lowest BCUT2D eigenvalue weighted by atomic mass is 10.1. The van der Waals surface area contributed by atoms with Crippen LogP contribution in [0.1, 0.15) is 5.69 Å². The lowest BCUT2D eigenvalue weighted by Crippen LogP contribution is -2.29. The van der Waals surface area contributed by atoms with Gasteiger partial charge in [0, 0.05) is 18.6 Å². The van der Waals surface area contributed by atoms with Crippen molar-refractivity contribution in [2.24, 2.45) is 0 Å². The Morgan fingerprint density at radius 1 is 0.974 bits per heavy atom. The highest BCUT2D eigenvalue weighted by Crippen LogP contribution is 2.36. The van der Waals surface area contributed by atoms with E-state index < -0.39 is 28.8 Å². The number of nitrogens with one attached hydrogen (secondary N) is 2. The third-order valence-electron chi connectivity index (χ3n) is 5.38. The van der Waals surface area contributed by atoms with Crippen molar-refractivity contribution in [1.29, 1.82) is 0 Å². The Labute approximate surface area is 218 Å². The summed E-state index contributed by atoms with van der Waals surface area (Å²) >= 11 is 0. The van der Waals surface area contributed by atoms with Crippen molar-refractivity contribution < 1.29 is 41.7 Å². The van der Waals surface area contributed by atoms with Gasteiger partial charge in [-0.3, -0.25) is 15.1 Å². The molecule has 0 bridgehead atoms. The Hall–Kier alpha value is -4.66. The number of halogens is 3. The Balaban J connectivity index is 1.76. The van der Waals surface area contributed by atoms with Crippen LogP contribution >= 0.6 is 0 Å². The van der Waals surface area contributed by atoms with Crippen LogP contribution in [0.3, 0.4) is 0 Å². The number of anilines is 2. The molecule has 0 atom stereocenters. The van der Waals surface area contributed by atoms with Gasteiger partial charge in [-0.15, -0.1) is 0 Å². The molecule has 39 heavy (non-hydrogen) atoms. The second-order valence-electron chi connectivity index (χ2n) is 7.91. The van der Waals surface area contributed by atoms with Gasteiger partial charge >= 0.3 is 12.1 Å². The van der Waals surface area contributed by atoms with Crippen molar-refractivity contribution in [2.75, 3.05) is 39.9 Å². The first-order valence-corrected chi connectivity index (χ1v) is 11.2. The maximum Gasteiger partial charge on any atom is 0.491 e. The van der Waals surface area contributed by atoms with Crippen LogP contribution in [0.5, 0.6) is 23.0 Å². The van der Waals surface area contributed by atoms with Gasteiger partial charge in [0.25, 0.3) is 5.56 Å². The number of hydrogen-bond acceptors (Lipinski definition) is 11. The molecule has 0 saturated heterocycles. The minimum atomic E-state index is -5.31. The molecule has 0 saturated carbocycles. The number of ether oxygens (including phenoxy) is 5. The van der Waals surface area contributed by atoms with E-state index in [2.05, 4.69) is 30.0 Å². The highest BCUT2D eigenvalue weighted by molar-refractivity contribution is 5.91. The van der Waals surface area contributed by atoms with Gasteiger partial charge in [-0.2, -0.15) is 13.2 Å². The highest BCUT2D eigenvalue weighted by Gasteiger charge is 2.42. The SMILES string of the molecule is COCCOc1ccc2nc(Nc3nc(C)c4cc(OC)c(OC)cc4n3)[nH]c(=O)c2c1OC(=O)C(F)(F)F. The Bertz CT molecular complexity index is 1610. The fourth-order valence-corrected chi connectivity index (χ4v) is 3.61. The predicted molar refractivity (Wildman–Crippen MR) is 132 cm³/mol. The molecule has 0 unspecified atom stereocenters. The number of nitrogens with zero attached hydrogens (tertiary/aromatic N) is 3. The number of aromatic amines is 1. The predicted octanol–water partition coefficient (Wildman–Crippen LogP) is 3.43. The number of alkyl halides is 3. The first-order chi connectivity index (χ1) is 18.5. The number of carbonyl (C=O) groups excluding carboxylic acids is 1. The molecule has 0 fully saturated rings. The summed E-state index contributed by atoms with van der Waals surface area (Å²) in [5.74, 6) is -2.65. The average Bonchev–Trinajstić information content (AvgIpc) is 2.88. The van der Waals surface area contributed by atoms with E-state index in [1.165, 1.54) is 33.5 Å². The minimum absolute atomic E-state index is 0.0676. The van der Waals surface area contributed by atoms with E-state index in [9.17, 15) is 22.8 Å². The van der Waals surface area contributed by atoms with E-state index in [1.807, 2.05) is 0 Å². The first-order valence-electron chi connectivity index (χ1n) is 11.2. The third kappa shape index (κ3) is 5.77. The monoisotopic (exact) mass is 549 g/mol. The van der Waals surface area contributed by atoms with Crippen molar-refractivity contribution in [2.45, 2.75) is 13.1 Å². The number of aryl methyl sites for hydroxylation is 1. The van der Waals surface area contributed by atoms with E-state index >= 15 is 0 Å². The maximum atomic E-state index is 13.0. The van der Waals surface area contributed by atoms with Crippen LogP contribution in [0.2, 0.25) is 0 Å². The summed E-state index contributed by atoms with van der Waals surface area (Å²) in [5.41, 5.74) is 0.0820. The topological polar surface area (TPSA) is 147 Å². The molecule has 0 aliphatic rings. The number of esters is 1. The Morgan fingerprint density at radius 3 is 2.36 bits per heavy atom. The summed E-state index contributed by atoms with van der Waals surface area (Å²) in [6, 6.07) is 5.92. The lowest BCUT2D eigenvalue weighted by Gasteiger charge is -2.15. The number of rotatable bonds is 9. The fourth-order valence-electron chi connectivity index (χ4n) is 3.61. The number of hydrogen-bond donors (Lipinski definition) is 2. The van der Waals surface area contributed by atoms with Gasteiger partial charge in [-0.1, -0.05) is 0 Å². The molecule has 15 heteroatoms. The van der Waals surface area contributed by atoms with Crippen LogP contribution < -0.4 is 29.8 Å².